The second-order valence-electron chi connectivity index (χ2n) is 15.9. The van der Waals surface area contributed by atoms with Gasteiger partial charge in [-0.25, -0.2) is 18.7 Å². The minimum atomic E-state index is -0.295. The van der Waals surface area contributed by atoms with Gasteiger partial charge in [0.05, 0.1) is 34.5 Å². The number of benzene rings is 6. The minimum Gasteiger partial charge on any atom is -0.361 e. The molecule has 10 nitrogen and oxygen atoms in total. The van der Waals surface area contributed by atoms with Gasteiger partial charge in [-0.3, -0.25) is 19.1 Å². The fourth-order valence-corrected chi connectivity index (χ4v) is 8.68. The second-order valence-corrected chi connectivity index (χ2v) is 15.9. The van der Waals surface area contributed by atoms with Gasteiger partial charge in [0.15, 0.2) is 0 Å². The average Bonchev–Trinajstić information content (AvgIpc) is 4.16. The molecule has 0 bridgehead atoms. The number of aromatic amines is 2. The third-order valence-electron chi connectivity index (χ3n) is 11.9. The predicted molar refractivity (Wildman–Crippen MR) is 253 cm³/mol. The van der Waals surface area contributed by atoms with E-state index in [9.17, 15) is 0 Å². The first-order chi connectivity index (χ1) is 31.4. The molecule has 12 aromatic rings. The maximum Gasteiger partial charge on any atom is 0.133 e. The molecule has 0 unspecified atom stereocenters. The van der Waals surface area contributed by atoms with E-state index in [1.54, 1.807) is 25.0 Å². The highest BCUT2D eigenvalue weighted by Crippen LogP contribution is 2.35. The van der Waals surface area contributed by atoms with Crippen molar-refractivity contribution in [1.29, 1.82) is 0 Å². The van der Waals surface area contributed by atoms with Crippen LogP contribution in [0.15, 0.2) is 159 Å². The van der Waals surface area contributed by atoms with E-state index >= 15 is 8.78 Å². The fraction of sp³-hybridized carbons (Fsp3) is 0.0769. The number of nitrogens with one attached hydrogen (secondary N) is 2. The lowest BCUT2D eigenvalue weighted by Crippen LogP contribution is -2.02. The van der Waals surface area contributed by atoms with Gasteiger partial charge in [0.1, 0.15) is 35.3 Å². The smallest absolute Gasteiger partial charge is 0.133 e. The zero-order valence-electron chi connectivity index (χ0n) is 34.4. The molecule has 6 heterocycles. The Morgan fingerprint density at radius 2 is 0.906 bits per heavy atom. The summed E-state index contributed by atoms with van der Waals surface area (Å²) in [6.07, 6.45) is 12.4. The molecule has 0 atom stereocenters. The second kappa shape index (κ2) is 16.0. The van der Waals surface area contributed by atoms with Crippen molar-refractivity contribution in [3.05, 3.63) is 182 Å². The number of hydrogen-bond donors (Lipinski definition) is 4. The van der Waals surface area contributed by atoms with Crippen molar-refractivity contribution in [2.75, 3.05) is 13.1 Å². The van der Waals surface area contributed by atoms with E-state index in [1.807, 2.05) is 82.2 Å². The van der Waals surface area contributed by atoms with E-state index < -0.39 is 0 Å². The Morgan fingerprint density at radius 1 is 0.469 bits per heavy atom. The molecule has 0 aliphatic carbocycles. The standard InChI is InChI=1S/2C26H20FN5/c2*27-22-13-24-21(12-20(22)17-3-6-23-18(11-17)8-10-29-23)26-25(14-30-24)31-15-32(26)19-4-1-16(2-5-19)7-9-28/h2*1-6,8,10-15,29H,7,9,28H2. The summed E-state index contributed by atoms with van der Waals surface area (Å²) in [4.78, 5) is 24.4. The molecule has 0 aliphatic heterocycles. The normalized spacial score (nSPS) is 11.7. The third-order valence-corrected chi connectivity index (χ3v) is 11.9. The number of halogens is 2. The number of nitrogens with zero attached hydrogens (tertiary/aromatic N) is 6. The SMILES string of the molecule is NCCc1ccc(-n2cnc3cnc4cc(F)c(-c5ccc6[nH]ccc6c5)cc4c32)cc1.NCCc1ccc(-n2cnc3cnc4cc(F)c(-c5ccc6[nH]ccc6c5)cc4c32)cc1. The Labute approximate surface area is 364 Å². The first-order valence-electron chi connectivity index (χ1n) is 21.1. The van der Waals surface area contributed by atoms with Crippen LogP contribution in [0.1, 0.15) is 11.1 Å². The predicted octanol–water partition coefficient (Wildman–Crippen LogP) is 10.7. The van der Waals surface area contributed by atoms with Crippen LogP contribution < -0.4 is 11.5 Å². The summed E-state index contributed by atoms with van der Waals surface area (Å²) in [5.74, 6) is -0.590. The van der Waals surface area contributed by atoms with Crippen LogP contribution in [0.4, 0.5) is 8.78 Å². The Morgan fingerprint density at radius 3 is 1.33 bits per heavy atom. The molecule has 6 N–H and O–H groups in total. The average molecular weight is 843 g/mol. The Bertz CT molecular complexity index is 3430. The zero-order valence-corrected chi connectivity index (χ0v) is 34.4. The molecule has 0 radical (unpaired) electrons. The van der Waals surface area contributed by atoms with Crippen LogP contribution in [0.3, 0.4) is 0 Å². The molecule has 0 fully saturated rings. The summed E-state index contributed by atoms with van der Waals surface area (Å²) >= 11 is 0. The molecule has 64 heavy (non-hydrogen) atoms. The molecule has 0 saturated heterocycles. The van der Waals surface area contributed by atoms with E-state index in [2.05, 4.69) is 78.4 Å². The number of imidazole rings is 2. The fourth-order valence-electron chi connectivity index (χ4n) is 8.68. The Balaban J connectivity index is 0.000000143. The number of rotatable bonds is 8. The number of nitrogens with two attached hydrogens (primary N) is 2. The van der Waals surface area contributed by atoms with Gasteiger partial charge in [-0.1, -0.05) is 36.4 Å². The lowest BCUT2D eigenvalue weighted by molar-refractivity contribution is 0.632. The van der Waals surface area contributed by atoms with Crippen LogP contribution in [-0.2, 0) is 12.8 Å². The van der Waals surface area contributed by atoms with Gasteiger partial charge in [0.25, 0.3) is 0 Å². The number of fused-ring (bicyclic) bond motifs is 8. The highest BCUT2D eigenvalue weighted by molar-refractivity contribution is 6.06. The lowest BCUT2D eigenvalue weighted by atomic mass is 10.0. The molecule has 0 aliphatic rings. The summed E-state index contributed by atoms with van der Waals surface area (Å²) < 4.78 is 34.3. The summed E-state index contributed by atoms with van der Waals surface area (Å²) in [6.45, 7) is 1.24. The molecule has 6 aromatic carbocycles. The van der Waals surface area contributed by atoms with E-state index in [-0.39, 0.29) is 11.6 Å². The van der Waals surface area contributed by atoms with Gasteiger partial charge in [-0.05, 0) is 132 Å². The van der Waals surface area contributed by atoms with Crippen LogP contribution in [0.2, 0.25) is 0 Å². The Hall–Kier alpha value is -8.06. The summed E-state index contributed by atoms with van der Waals surface area (Å²) in [5, 5.41) is 3.80. The van der Waals surface area contributed by atoms with Gasteiger partial charge in [-0.2, -0.15) is 0 Å². The number of aromatic nitrogens is 8. The summed E-state index contributed by atoms with van der Waals surface area (Å²) in [5.41, 5.74) is 25.0. The van der Waals surface area contributed by atoms with Crippen molar-refractivity contribution in [3.63, 3.8) is 0 Å². The molecular weight excluding hydrogens is 803 g/mol. The van der Waals surface area contributed by atoms with Gasteiger partial charge in [-0.15, -0.1) is 0 Å². The first kappa shape index (κ1) is 38.8. The van der Waals surface area contributed by atoms with E-state index in [4.69, 9.17) is 11.5 Å². The number of hydrogen-bond acceptors (Lipinski definition) is 6. The minimum absolute atomic E-state index is 0.295. The number of H-pyrrole nitrogens is 2. The Kier molecular flexibility index (Phi) is 9.71. The number of pyridine rings is 2. The van der Waals surface area contributed by atoms with Crippen molar-refractivity contribution in [3.8, 4) is 33.6 Å². The lowest BCUT2D eigenvalue weighted by Gasteiger charge is -2.10. The van der Waals surface area contributed by atoms with Crippen molar-refractivity contribution in [2.45, 2.75) is 12.8 Å². The van der Waals surface area contributed by atoms with Crippen LogP contribution >= 0.6 is 0 Å². The van der Waals surface area contributed by atoms with E-state index in [0.717, 1.165) is 90.0 Å². The highest BCUT2D eigenvalue weighted by Gasteiger charge is 2.17. The van der Waals surface area contributed by atoms with Crippen molar-refractivity contribution in [2.24, 2.45) is 11.5 Å². The molecular formula is C52H40F2N10. The van der Waals surface area contributed by atoms with Crippen LogP contribution in [-0.4, -0.2) is 52.1 Å². The van der Waals surface area contributed by atoms with Crippen molar-refractivity contribution < 1.29 is 8.78 Å². The maximum atomic E-state index is 15.1. The van der Waals surface area contributed by atoms with Crippen molar-refractivity contribution in [1.82, 2.24) is 39.0 Å². The van der Waals surface area contributed by atoms with Crippen molar-refractivity contribution >= 4 is 65.7 Å². The monoisotopic (exact) mass is 842 g/mol. The van der Waals surface area contributed by atoms with Crippen LogP contribution in [0.25, 0.3) is 99.3 Å². The molecule has 312 valence electrons. The quantitative estimate of drug-likeness (QED) is 0.120. The molecule has 0 spiro atoms. The van der Waals surface area contributed by atoms with Crippen LogP contribution in [0.5, 0.6) is 0 Å². The zero-order chi connectivity index (χ0) is 43.3. The van der Waals surface area contributed by atoms with Gasteiger partial charge < -0.3 is 21.4 Å². The molecule has 0 amide bonds. The van der Waals surface area contributed by atoms with Crippen LogP contribution in [0, 0.1) is 11.6 Å². The highest BCUT2D eigenvalue weighted by atomic mass is 19.1. The van der Waals surface area contributed by atoms with E-state index in [0.29, 0.717) is 35.2 Å². The van der Waals surface area contributed by atoms with Gasteiger partial charge >= 0.3 is 0 Å². The summed E-state index contributed by atoms with van der Waals surface area (Å²) in [6, 6.07) is 39.1. The molecule has 12 rings (SSSR count). The first-order valence-corrected chi connectivity index (χ1v) is 21.1. The molecule has 12 heteroatoms. The largest absolute Gasteiger partial charge is 0.361 e. The van der Waals surface area contributed by atoms with E-state index in [1.165, 1.54) is 23.3 Å². The maximum absolute atomic E-state index is 15.1. The van der Waals surface area contributed by atoms with Gasteiger partial charge in [0.2, 0.25) is 0 Å². The topological polar surface area (TPSA) is 145 Å². The molecule has 0 saturated carbocycles. The van der Waals surface area contributed by atoms with Gasteiger partial charge in [0, 0.05) is 68.8 Å². The third kappa shape index (κ3) is 6.91. The molecule has 6 aromatic heterocycles. The summed E-state index contributed by atoms with van der Waals surface area (Å²) in [7, 11) is 0.